The highest BCUT2D eigenvalue weighted by molar-refractivity contribution is 6.00. The van der Waals surface area contributed by atoms with Gasteiger partial charge in [0.1, 0.15) is 0 Å². The molecule has 1 aliphatic heterocycles. The molecule has 1 N–H and O–H groups in total. The lowest BCUT2D eigenvalue weighted by Gasteiger charge is -2.18. The van der Waals surface area contributed by atoms with Crippen LogP contribution in [0.4, 0.5) is 5.69 Å². The van der Waals surface area contributed by atoms with Crippen LogP contribution >= 0.6 is 0 Å². The fourth-order valence-electron chi connectivity index (χ4n) is 2.48. The maximum atomic E-state index is 12.1. The fourth-order valence-corrected chi connectivity index (χ4v) is 2.48. The van der Waals surface area contributed by atoms with Crippen LogP contribution in [0.5, 0.6) is 0 Å². The molecule has 0 spiro atoms. The molecule has 20 heavy (non-hydrogen) atoms. The zero-order chi connectivity index (χ0) is 14.7. The first-order valence-corrected chi connectivity index (χ1v) is 7.21. The van der Waals surface area contributed by atoms with Gasteiger partial charge in [0, 0.05) is 24.7 Å². The molecule has 1 atom stereocenters. The van der Waals surface area contributed by atoms with Crippen LogP contribution in [0.15, 0.2) is 24.3 Å². The number of carbonyl (C=O) groups excluding carboxylic acids is 2. The van der Waals surface area contributed by atoms with Gasteiger partial charge in [0.25, 0.3) is 0 Å². The van der Waals surface area contributed by atoms with Crippen LogP contribution in [0.3, 0.4) is 0 Å². The molecular weight excluding hydrogens is 252 g/mol. The summed E-state index contributed by atoms with van der Waals surface area (Å²) in [6, 6.07) is 8.08. The van der Waals surface area contributed by atoms with Gasteiger partial charge >= 0.3 is 0 Å². The molecule has 0 saturated carbocycles. The third-order valence-corrected chi connectivity index (χ3v) is 3.56. The van der Waals surface area contributed by atoms with Crippen LogP contribution in [0.25, 0.3) is 0 Å². The Bertz CT molecular complexity index is 511. The van der Waals surface area contributed by atoms with E-state index in [9.17, 15) is 9.59 Å². The Morgan fingerprint density at radius 1 is 1.45 bits per heavy atom. The molecular formula is C16H22N2O2. The van der Waals surface area contributed by atoms with Crippen LogP contribution in [0.1, 0.15) is 32.8 Å². The molecule has 1 fully saturated rings. The minimum Gasteiger partial charge on any atom is -0.354 e. The molecule has 0 unspecified atom stereocenters. The smallest absolute Gasteiger partial charge is 0.227 e. The molecule has 0 bridgehead atoms. The number of amides is 2. The van der Waals surface area contributed by atoms with Crippen molar-refractivity contribution in [1.29, 1.82) is 0 Å². The van der Waals surface area contributed by atoms with Crippen molar-refractivity contribution < 1.29 is 9.59 Å². The Labute approximate surface area is 120 Å². The van der Waals surface area contributed by atoms with E-state index in [1.165, 1.54) is 5.56 Å². The molecule has 2 amide bonds. The lowest BCUT2D eigenvalue weighted by molar-refractivity contribution is -0.126. The molecule has 4 nitrogen and oxygen atoms in total. The Hall–Kier alpha value is -1.84. The van der Waals surface area contributed by atoms with Crippen molar-refractivity contribution in [1.82, 2.24) is 5.32 Å². The third kappa shape index (κ3) is 3.18. The van der Waals surface area contributed by atoms with E-state index >= 15 is 0 Å². The first kappa shape index (κ1) is 14.6. The summed E-state index contributed by atoms with van der Waals surface area (Å²) >= 11 is 0. The summed E-state index contributed by atoms with van der Waals surface area (Å²) in [6.07, 6.45) is 1.24. The summed E-state index contributed by atoms with van der Waals surface area (Å²) in [5.41, 5.74) is 2.10. The lowest BCUT2D eigenvalue weighted by Crippen LogP contribution is -2.36. The van der Waals surface area contributed by atoms with E-state index in [1.54, 1.807) is 4.90 Å². The summed E-state index contributed by atoms with van der Waals surface area (Å²) in [7, 11) is 0. The quantitative estimate of drug-likeness (QED) is 0.914. The van der Waals surface area contributed by atoms with Crippen molar-refractivity contribution in [2.75, 3.05) is 11.4 Å². The highest BCUT2D eigenvalue weighted by Crippen LogP contribution is 2.26. The van der Waals surface area contributed by atoms with Crippen LogP contribution in [0, 0.1) is 5.92 Å². The minimum absolute atomic E-state index is 0.0255. The summed E-state index contributed by atoms with van der Waals surface area (Å²) in [4.78, 5) is 25.9. The number of hydrogen-bond acceptors (Lipinski definition) is 2. The third-order valence-electron chi connectivity index (χ3n) is 3.56. The average molecular weight is 274 g/mol. The SMILES string of the molecule is CCc1cccc(N2C[C@H](C(=O)NC(C)C)CC2=O)c1. The number of carbonyl (C=O) groups is 2. The van der Waals surface area contributed by atoms with Gasteiger partial charge in [0.05, 0.1) is 5.92 Å². The topological polar surface area (TPSA) is 49.4 Å². The number of benzene rings is 1. The lowest BCUT2D eigenvalue weighted by atomic mass is 10.1. The number of aryl methyl sites for hydroxylation is 1. The zero-order valence-electron chi connectivity index (χ0n) is 12.3. The Morgan fingerprint density at radius 2 is 2.20 bits per heavy atom. The van der Waals surface area contributed by atoms with Crippen molar-refractivity contribution >= 4 is 17.5 Å². The van der Waals surface area contributed by atoms with Gasteiger partial charge in [-0.15, -0.1) is 0 Å². The maximum absolute atomic E-state index is 12.1. The number of anilines is 1. The predicted octanol–water partition coefficient (Wildman–Crippen LogP) is 2.13. The molecule has 4 heteroatoms. The molecule has 0 aromatic heterocycles. The molecule has 1 aromatic carbocycles. The highest BCUT2D eigenvalue weighted by atomic mass is 16.2. The second-order valence-corrected chi connectivity index (χ2v) is 5.59. The number of nitrogens with zero attached hydrogens (tertiary/aromatic N) is 1. The number of rotatable bonds is 4. The van der Waals surface area contributed by atoms with Crippen LogP contribution in [-0.4, -0.2) is 24.4 Å². The van der Waals surface area contributed by atoms with E-state index in [0.29, 0.717) is 13.0 Å². The molecule has 2 rings (SSSR count). The average Bonchev–Trinajstić information content (AvgIpc) is 2.80. The summed E-state index contributed by atoms with van der Waals surface area (Å²) in [6.45, 7) is 6.42. The van der Waals surface area contributed by atoms with E-state index in [2.05, 4.69) is 12.2 Å². The second kappa shape index (κ2) is 6.07. The fraction of sp³-hybridized carbons (Fsp3) is 0.500. The Kier molecular flexibility index (Phi) is 4.42. The maximum Gasteiger partial charge on any atom is 0.227 e. The molecule has 0 aliphatic carbocycles. The van der Waals surface area contributed by atoms with E-state index in [-0.39, 0.29) is 23.8 Å². The van der Waals surface area contributed by atoms with Crippen LogP contribution < -0.4 is 10.2 Å². The van der Waals surface area contributed by atoms with Crippen molar-refractivity contribution in [2.45, 2.75) is 39.7 Å². The Balaban J connectivity index is 2.10. The Morgan fingerprint density at radius 3 is 2.85 bits per heavy atom. The van der Waals surface area contributed by atoms with Gasteiger partial charge in [-0.1, -0.05) is 19.1 Å². The standard InChI is InChI=1S/C16H22N2O2/c1-4-12-6-5-7-14(8-12)18-10-13(9-15(18)19)16(20)17-11(2)3/h5-8,11,13H,4,9-10H2,1-3H3,(H,17,20)/t13-/m1/s1. The molecule has 108 valence electrons. The summed E-state index contributed by atoms with van der Waals surface area (Å²) in [5.74, 6) is -0.236. The van der Waals surface area contributed by atoms with Gasteiger partial charge in [-0.3, -0.25) is 9.59 Å². The van der Waals surface area contributed by atoms with Crippen LogP contribution in [-0.2, 0) is 16.0 Å². The molecule has 1 heterocycles. The number of hydrogen-bond donors (Lipinski definition) is 1. The zero-order valence-corrected chi connectivity index (χ0v) is 12.3. The van der Waals surface area contributed by atoms with E-state index in [4.69, 9.17) is 0 Å². The van der Waals surface area contributed by atoms with Gasteiger partial charge in [-0.25, -0.2) is 0 Å². The van der Waals surface area contributed by atoms with Gasteiger partial charge in [0.2, 0.25) is 11.8 Å². The minimum atomic E-state index is -0.241. The van der Waals surface area contributed by atoms with Gasteiger partial charge in [0.15, 0.2) is 0 Å². The van der Waals surface area contributed by atoms with Crippen molar-refractivity contribution in [2.24, 2.45) is 5.92 Å². The van der Waals surface area contributed by atoms with Gasteiger partial charge in [-0.05, 0) is 38.0 Å². The van der Waals surface area contributed by atoms with E-state index < -0.39 is 0 Å². The molecule has 1 saturated heterocycles. The molecule has 0 radical (unpaired) electrons. The summed E-state index contributed by atoms with van der Waals surface area (Å²) in [5, 5.41) is 2.88. The van der Waals surface area contributed by atoms with Crippen molar-refractivity contribution in [3.05, 3.63) is 29.8 Å². The largest absolute Gasteiger partial charge is 0.354 e. The predicted molar refractivity (Wildman–Crippen MR) is 79.6 cm³/mol. The number of nitrogens with one attached hydrogen (secondary N) is 1. The monoisotopic (exact) mass is 274 g/mol. The van der Waals surface area contributed by atoms with Crippen LogP contribution in [0.2, 0.25) is 0 Å². The normalized spacial score (nSPS) is 18.7. The first-order chi connectivity index (χ1) is 9.51. The van der Waals surface area contributed by atoms with Gasteiger partial charge in [-0.2, -0.15) is 0 Å². The van der Waals surface area contributed by atoms with Crippen molar-refractivity contribution in [3.8, 4) is 0 Å². The second-order valence-electron chi connectivity index (χ2n) is 5.59. The highest BCUT2D eigenvalue weighted by Gasteiger charge is 2.35. The van der Waals surface area contributed by atoms with Crippen molar-refractivity contribution in [3.63, 3.8) is 0 Å². The van der Waals surface area contributed by atoms with Gasteiger partial charge < -0.3 is 10.2 Å². The first-order valence-electron chi connectivity index (χ1n) is 7.21. The molecule has 1 aliphatic rings. The van der Waals surface area contributed by atoms with E-state index in [1.807, 2.05) is 38.1 Å². The summed E-state index contributed by atoms with van der Waals surface area (Å²) < 4.78 is 0. The van der Waals surface area contributed by atoms with E-state index in [0.717, 1.165) is 12.1 Å². The molecule has 1 aromatic rings.